The summed E-state index contributed by atoms with van der Waals surface area (Å²) >= 11 is 0. The standard InChI is InChI=1S/C16H16N4O/c1-10-4-3-5-12-8-13(20-15(10)12)16(21)19-11(2)14-9-17-6-7-18-14/h3-9,11,20H,1-2H3,(H,19,21). The monoisotopic (exact) mass is 280 g/mol. The third-order valence-corrected chi connectivity index (χ3v) is 3.48. The van der Waals surface area contributed by atoms with E-state index in [0.717, 1.165) is 22.2 Å². The molecule has 1 aromatic carbocycles. The Morgan fingerprint density at radius 1 is 1.33 bits per heavy atom. The van der Waals surface area contributed by atoms with Crippen LogP contribution in [-0.4, -0.2) is 20.9 Å². The van der Waals surface area contributed by atoms with E-state index in [1.807, 2.05) is 38.1 Å². The fourth-order valence-electron chi connectivity index (χ4n) is 2.31. The minimum Gasteiger partial charge on any atom is -0.350 e. The summed E-state index contributed by atoms with van der Waals surface area (Å²) < 4.78 is 0. The number of hydrogen-bond acceptors (Lipinski definition) is 3. The highest BCUT2D eigenvalue weighted by atomic mass is 16.1. The normalized spacial score (nSPS) is 12.3. The van der Waals surface area contributed by atoms with Crippen LogP contribution in [0.2, 0.25) is 0 Å². The van der Waals surface area contributed by atoms with Crippen molar-refractivity contribution in [2.45, 2.75) is 19.9 Å². The Labute approximate surface area is 122 Å². The Balaban J connectivity index is 1.82. The van der Waals surface area contributed by atoms with E-state index in [0.29, 0.717) is 5.69 Å². The molecule has 1 atom stereocenters. The Morgan fingerprint density at radius 2 is 2.19 bits per heavy atom. The molecular weight excluding hydrogens is 264 g/mol. The molecule has 106 valence electrons. The van der Waals surface area contributed by atoms with Crippen molar-refractivity contribution in [3.05, 3.63) is 59.8 Å². The summed E-state index contributed by atoms with van der Waals surface area (Å²) in [5.41, 5.74) is 3.40. The first-order valence-electron chi connectivity index (χ1n) is 6.80. The van der Waals surface area contributed by atoms with Crippen molar-refractivity contribution in [3.8, 4) is 0 Å². The highest BCUT2D eigenvalue weighted by molar-refractivity contribution is 5.98. The second-order valence-corrected chi connectivity index (χ2v) is 5.05. The number of carbonyl (C=O) groups is 1. The van der Waals surface area contributed by atoms with E-state index < -0.39 is 0 Å². The summed E-state index contributed by atoms with van der Waals surface area (Å²) in [7, 11) is 0. The largest absolute Gasteiger partial charge is 0.350 e. The van der Waals surface area contributed by atoms with Crippen molar-refractivity contribution in [1.29, 1.82) is 0 Å². The summed E-state index contributed by atoms with van der Waals surface area (Å²) in [6, 6.07) is 7.65. The first kappa shape index (κ1) is 13.3. The molecule has 3 rings (SSSR count). The first-order chi connectivity index (χ1) is 10.1. The summed E-state index contributed by atoms with van der Waals surface area (Å²) in [5.74, 6) is -0.149. The van der Waals surface area contributed by atoms with Gasteiger partial charge in [0.25, 0.3) is 5.91 Å². The third-order valence-electron chi connectivity index (χ3n) is 3.48. The van der Waals surface area contributed by atoms with Crippen LogP contribution in [0.15, 0.2) is 42.9 Å². The zero-order valence-electron chi connectivity index (χ0n) is 11.9. The van der Waals surface area contributed by atoms with Crippen LogP contribution in [0.4, 0.5) is 0 Å². The maximum atomic E-state index is 12.3. The average Bonchev–Trinajstić information content (AvgIpc) is 2.94. The van der Waals surface area contributed by atoms with Crippen molar-refractivity contribution in [2.24, 2.45) is 0 Å². The van der Waals surface area contributed by atoms with E-state index >= 15 is 0 Å². The lowest BCUT2D eigenvalue weighted by atomic mass is 10.2. The van der Waals surface area contributed by atoms with Crippen molar-refractivity contribution < 1.29 is 4.79 Å². The molecule has 2 heterocycles. The second kappa shape index (κ2) is 5.36. The molecule has 0 saturated carbocycles. The SMILES string of the molecule is Cc1cccc2cc(C(=O)NC(C)c3cnccn3)[nH]c12. The Hall–Kier alpha value is -2.69. The molecule has 2 aromatic heterocycles. The van der Waals surface area contributed by atoms with Crippen LogP contribution in [0.3, 0.4) is 0 Å². The molecule has 21 heavy (non-hydrogen) atoms. The molecule has 0 fully saturated rings. The van der Waals surface area contributed by atoms with Crippen LogP contribution in [0.5, 0.6) is 0 Å². The maximum Gasteiger partial charge on any atom is 0.268 e. The predicted molar refractivity (Wildman–Crippen MR) is 80.9 cm³/mol. The maximum absolute atomic E-state index is 12.3. The number of amides is 1. The zero-order valence-corrected chi connectivity index (χ0v) is 11.9. The molecule has 3 aromatic rings. The van der Waals surface area contributed by atoms with Crippen molar-refractivity contribution in [3.63, 3.8) is 0 Å². The van der Waals surface area contributed by atoms with E-state index in [1.165, 1.54) is 0 Å². The number of benzene rings is 1. The van der Waals surface area contributed by atoms with Crippen molar-refractivity contribution in [2.75, 3.05) is 0 Å². The molecule has 2 N–H and O–H groups in total. The quantitative estimate of drug-likeness (QED) is 0.775. The highest BCUT2D eigenvalue weighted by Gasteiger charge is 2.14. The van der Waals surface area contributed by atoms with Gasteiger partial charge in [-0.1, -0.05) is 18.2 Å². The highest BCUT2D eigenvalue weighted by Crippen LogP contribution is 2.19. The van der Waals surface area contributed by atoms with Gasteiger partial charge in [-0.25, -0.2) is 0 Å². The summed E-state index contributed by atoms with van der Waals surface area (Å²) in [6.45, 7) is 3.90. The minimum absolute atomic E-state index is 0.149. The van der Waals surface area contributed by atoms with Gasteiger partial charge in [0.2, 0.25) is 0 Å². The average molecular weight is 280 g/mol. The second-order valence-electron chi connectivity index (χ2n) is 5.05. The van der Waals surface area contributed by atoms with Gasteiger partial charge in [0, 0.05) is 23.3 Å². The van der Waals surface area contributed by atoms with E-state index in [2.05, 4.69) is 20.3 Å². The lowest BCUT2D eigenvalue weighted by molar-refractivity contribution is 0.0935. The molecule has 0 bridgehead atoms. The fourth-order valence-corrected chi connectivity index (χ4v) is 2.31. The number of aromatic amines is 1. The molecule has 5 heteroatoms. The number of para-hydroxylation sites is 1. The Kier molecular flexibility index (Phi) is 3.39. The Bertz CT molecular complexity index is 779. The number of fused-ring (bicyclic) bond motifs is 1. The summed E-state index contributed by atoms with van der Waals surface area (Å²) in [4.78, 5) is 23.7. The molecule has 0 spiro atoms. The molecule has 0 saturated heterocycles. The number of aryl methyl sites for hydroxylation is 1. The molecule has 0 radical (unpaired) electrons. The summed E-state index contributed by atoms with van der Waals surface area (Å²) in [6.07, 6.45) is 4.88. The fraction of sp³-hybridized carbons (Fsp3) is 0.188. The van der Waals surface area contributed by atoms with E-state index in [9.17, 15) is 4.79 Å². The topological polar surface area (TPSA) is 70.7 Å². The van der Waals surface area contributed by atoms with Crippen LogP contribution in [0.1, 0.15) is 34.7 Å². The van der Waals surface area contributed by atoms with Crippen LogP contribution >= 0.6 is 0 Å². The lowest BCUT2D eigenvalue weighted by Crippen LogP contribution is -2.27. The first-order valence-corrected chi connectivity index (χ1v) is 6.80. The van der Waals surface area contributed by atoms with Gasteiger partial charge in [-0.3, -0.25) is 14.8 Å². The predicted octanol–water partition coefficient (Wildman–Crippen LogP) is 2.76. The molecule has 0 aliphatic rings. The molecule has 5 nitrogen and oxygen atoms in total. The van der Waals surface area contributed by atoms with Gasteiger partial charge < -0.3 is 10.3 Å². The molecular formula is C16H16N4O. The van der Waals surface area contributed by atoms with E-state index in [4.69, 9.17) is 0 Å². The molecule has 0 aliphatic carbocycles. The van der Waals surface area contributed by atoms with Crippen LogP contribution in [0, 0.1) is 6.92 Å². The van der Waals surface area contributed by atoms with Gasteiger partial charge in [0.05, 0.1) is 17.9 Å². The van der Waals surface area contributed by atoms with Crippen LogP contribution in [-0.2, 0) is 0 Å². The molecule has 1 unspecified atom stereocenters. The van der Waals surface area contributed by atoms with Gasteiger partial charge in [0.15, 0.2) is 0 Å². The van der Waals surface area contributed by atoms with Gasteiger partial charge in [-0.15, -0.1) is 0 Å². The molecule has 0 aliphatic heterocycles. The molecule has 1 amide bonds. The lowest BCUT2D eigenvalue weighted by Gasteiger charge is -2.11. The van der Waals surface area contributed by atoms with Crippen molar-refractivity contribution in [1.82, 2.24) is 20.3 Å². The number of hydrogen-bond donors (Lipinski definition) is 2. The van der Waals surface area contributed by atoms with E-state index in [1.54, 1.807) is 18.6 Å². The zero-order chi connectivity index (χ0) is 14.8. The van der Waals surface area contributed by atoms with Gasteiger partial charge in [-0.05, 0) is 25.5 Å². The minimum atomic E-state index is -0.196. The number of H-pyrrole nitrogens is 1. The van der Waals surface area contributed by atoms with Gasteiger partial charge in [-0.2, -0.15) is 0 Å². The number of carbonyl (C=O) groups excluding carboxylic acids is 1. The van der Waals surface area contributed by atoms with Crippen LogP contribution in [0.25, 0.3) is 10.9 Å². The third kappa shape index (κ3) is 2.63. The van der Waals surface area contributed by atoms with E-state index in [-0.39, 0.29) is 11.9 Å². The smallest absolute Gasteiger partial charge is 0.268 e. The number of nitrogens with one attached hydrogen (secondary N) is 2. The Morgan fingerprint density at radius 3 is 2.90 bits per heavy atom. The number of rotatable bonds is 3. The van der Waals surface area contributed by atoms with Crippen molar-refractivity contribution >= 4 is 16.8 Å². The van der Waals surface area contributed by atoms with Crippen LogP contribution < -0.4 is 5.32 Å². The van der Waals surface area contributed by atoms with Gasteiger partial charge in [0.1, 0.15) is 5.69 Å². The number of nitrogens with zero attached hydrogens (tertiary/aromatic N) is 2. The summed E-state index contributed by atoms with van der Waals surface area (Å²) in [5, 5.41) is 3.95. The van der Waals surface area contributed by atoms with Gasteiger partial charge >= 0.3 is 0 Å². The number of aromatic nitrogens is 3.